The Balaban J connectivity index is 3.98. The number of hydrogen-bond donors (Lipinski definition) is 4. The summed E-state index contributed by atoms with van der Waals surface area (Å²) in [5.41, 5.74) is 0. The van der Waals surface area contributed by atoms with E-state index < -0.39 is 57.6 Å². The molecule has 0 bridgehead atoms. The molecular formula is C38H68NO10P. The minimum Gasteiger partial charge on any atom is -0.480 e. The molecule has 0 aromatic heterocycles. The van der Waals surface area contributed by atoms with E-state index >= 15 is 0 Å². The summed E-state index contributed by atoms with van der Waals surface area (Å²) >= 11 is 0. The summed E-state index contributed by atoms with van der Waals surface area (Å²) in [6, 6.07) is -1.54. The molecule has 3 unspecified atom stereocenters. The van der Waals surface area contributed by atoms with Gasteiger partial charge in [0.25, 0.3) is 0 Å². The largest absolute Gasteiger partial charge is 0.480 e. The highest BCUT2D eigenvalue weighted by atomic mass is 31.2. The van der Waals surface area contributed by atoms with Gasteiger partial charge in [0, 0.05) is 12.8 Å². The number of unbranched alkanes of at least 4 members (excludes halogenated alkanes) is 15. The van der Waals surface area contributed by atoms with Crippen LogP contribution in [-0.4, -0.2) is 64.9 Å². The van der Waals surface area contributed by atoms with Crippen molar-refractivity contribution in [3.8, 4) is 0 Å². The molecule has 50 heavy (non-hydrogen) atoms. The molecule has 0 fully saturated rings. The average Bonchev–Trinajstić information content (AvgIpc) is 3.08. The van der Waals surface area contributed by atoms with E-state index in [9.17, 15) is 34.1 Å². The van der Waals surface area contributed by atoms with Crippen LogP contribution in [0, 0.1) is 0 Å². The molecule has 0 aliphatic heterocycles. The molecule has 0 spiro atoms. The molecule has 1 amide bonds. The molecule has 0 aromatic rings. The van der Waals surface area contributed by atoms with Gasteiger partial charge >= 0.3 is 19.8 Å². The third-order valence-electron chi connectivity index (χ3n) is 7.94. The first-order valence-electron chi connectivity index (χ1n) is 19.0. The maximum absolute atomic E-state index is 12.2. The second-order valence-corrected chi connectivity index (χ2v) is 14.2. The van der Waals surface area contributed by atoms with E-state index in [1.165, 1.54) is 44.9 Å². The van der Waals surface area contributed by atoms with E-state index in [1.807, 2.05) is 0 Å². The minimum absolute atomic E-state index is 0.146. The van der Waals surface area contributed by atoms with Gasteiger partial charge in [-0.2, -0.15) is 0 Å². The third kappa shape index (κ3) is 32.9. The summed E-state index contributed by atoms with van der Waals surface area (Å²) in [4.78, 5) is 45.6. The predicted octanol–water partition coefficient (Wildman–Crippen LogP) is 8.88. The van der Waals surface area contributed by atoms with Gasteiger partial charge in [-0.15, -0.1) is 0 Å². The van der Waals surface area contributed by atoms with Crippen LogP contribution in [0.4, 0.5) is 0 Å². The number of aliphatic hydroxyl groups is 1. The Kier molecular flexibility index (Phi) is 32.3. The van der Waals surface area contributed by atoms with Crippen molar-refractivity contribution in [1.82, 2.24) is 5.32 Å². The zero-order chi connectivity index (χ0) is 37.1. The van der Waals surface area contributed by atoms with Crippen molar-refractivity contribution in [2.75, 3.05) is 19.8 Å². The number of aliphatic carboxylic acids is 1. The summed E-state index contributed by atoms with van der Waals surface area (Å²) < 4.78 is 26.7. The van der Waals surface area contributed by atoms with Crippen molar-refractivity contribution in [1.29, 1.82) is 0 Å². The fourth-order valence-electron chi connectivity index (χ4n) is 4.98. The van der Waals surface area contributed by atoms with Crippen molar-refractivity contribution >= 4 is 25.7 Å². The molecule has 0 saturated carbocycles. The molecule has 12 heteroatoms. The molecule has 0 saturated heterocycles. The molecule has 3 atom stereocenters. The van der Waals surface area contributed by atoms with E-state index in [4.69, 9.17) is 13.8 Å². The number of phosphoric ester groups is 1. The standard InChI is InChI=1S/C38H68NO10P/c1-3-5-7-9-11-13-15-16-17-18-20-22-24-26-28-30-37(42)47-31-34(40)32-48-50(45,46)49-33-35(38(43)44)39-36(41)29-27-25-23-21-19-14-12-10-8-6-4-2/h5,7,11,13,16-17,34-35,40H,3-4,6,8-10,12,14-15,18-33H2,1-2H3,(H,39,41)(H,43,44)(H,45,46)/b7-5-,13-11-,17-16-. The fourth-order valence-corrected chi connectivity index (χ4v) is 5.75. The molecule has 0 heterocycles. The second-order valence-electron chi connectivity index (χ2n) is 12.7. The lowest BCUT2D eigenvalue weighted by Gasteiger charge is -2.18. The van der Waals surface area contributed by atoms with Gasteiger partial charge in [0.1, 0.15) is 12.7 Å². The Morgan fingerprint density at radius 3 is 1.74 bits per heavy atom. The molecule has 4 N–H and O–H groups in total. The zero-order valence-corrected chi connectivity index (χ0v) is 31.8. The van der Waals surface area contributed by atoms with Crippen LogP contribution in [0.5, 0.6) is 0 Å². The lowest BCUT2D eigenvalue weighted by Crippen LogP contribution is -2.43. The molecule has 11 nitrogen and oxygen atoms in total. The van der Waals surface area contributed by atoms with Gasteiger partial charge in [-0.05, 0) is 44.9 Å². The first kappa shape index (κ1) is 47.7. The number of carbonyl (C=O) groups excluding carboxylic acids is 2. The van der Waals surface area contributed by atoms with Gasteiger partial charge < -0.3 is 25.2 Å². The molecule has 0 aliphatic carbocycles. The number of phosphoric acid groups is 1. The van der Waals surface area contributed by atoms with E-state index in [0.717, 1.165) is 70.6 Å². The smallest absolute Gasteiger partial charge is 0.472 e. The van der Waals surface area contributed by atoms with Crippen molar-refractivity contribution in [2.24, 2.45) is 0 Å². The summed E-state index contributed by atoms with van der Waals surface area (Å²) in [7, 11) is -4.75. The number of hydrogen-bond acceptors (Lipinski definition) is 8. The number of amides is 1. The first-order chi connectivity index (χ1) is 24.1. The normalized spacial score (nSPS) is 14.3. The average molecular weight is 730 g/mol. The summed E-state index contributed by atoms with van der Waals surface area (Å²) in [5, 5.41) is 21.7. The van der Waals surface area contributed by atoms with E-state index in [0.29, 0.717) is 12.8 Å². The van der Waals surface area contributed by atoms with Crippen LogP contribution in [0.1, 0.15) is 155 Å². The van der Waals surface area contributed by atoms with Crippen LogP contribution >= 0.6 is 7.82 Å². The van der Waals surface area contributed by atoms with Crippen molar-refractivity contribution < 1.29 is 47.8 Å². The zero-order valence-electron chi connectivity index (χ0n) is 30.9. The monoisotopic (exact) mass is 729 g/mol. The molecule has 290 valence electrons. The molecule has 0 rings (SSSR count). The Labute approximate surface area is 301 Å². The summed E-state index contributed by atoms with van der Waals surface area (Å²) in [5.74, 6) is -2.39. The number of carbonyl (C=O) groups is 3. The van der Waals surface area contributed by atoms with Crippen molar-refractivity contribution in [3.63, 3.8) is 0 Å². The number of ether oxygens (including phenoxy) is 1. The highest BCUT2D eigenvalue weighted by Gasteiger charge is 2.28. The van der Waals surface area contributed by atoms with Gasteiger partial charge in [0.05, 0.1) is 13.2 Å². The number of rotatable bonds is 35. The van der Waals surface area contributed by atoms with Gasteiger partial charge in [-0.3, -0.25) is 18.6 Å². The summed E-state index contributed by atoms with van der Waals surface area (Å²) in [6.07, 6.45) is 33.2. The van der Waals surface area contributed by atoms with E-state index in [1.54, 1.807) is 0 Å². The fraction of sp³-hybridized carbons (Fsp3) is 0.763. The van der Waals surface area contributed by atoms with Gasteiger partial charge in [0.15, 0.2) is 6.04 Å². The Bertz CT molecular complexity index is 1000. The number of carboxylic acids is 1. The SMILES string of the molecule is CC/C=C\C/C=C\C/C=C\CCCCCCCC(=O)OCC(O)COP(=O)(O)OCC(NC(=O)CCCCCCCCCCCCC)C(=O)O. The molecule has 0 aliphatic rings. The van der Waals surface area contributed by atoms with Crippen molar-refractivity contribution in [3.05, 3.63) is 36.5 Å². The number of esters is 1. The van der Waals surface area contributed by atoms with Gasteiger partial charge in [-0.1, -0.05) is 134 Å². The molecule has 0 radical (unpaired) electrons. The van der Waals surface area contributed by atoms with E-state index in [2.05, 4.69) is 55.6 Å². The molecular weight excluding hydrogens is 661 g/mol. The second kappa shape index (κ2) is 33.8. The Hall–Kier alpha value is -2.30. The maximum atomic E-state index is 12.2. The van der Waals surface area contributed by atoms with Crippen LogP contribution in [0.25, 0.3) is 0 Å². The van der Waals surface area contributed by atoms with Gasteiger partial charge in [0.2, 0.25) is 5.91 Å². The lowest BCUT2D eigenvalue weighted by atomic mass is 10.1. The number of aliphatic hydroxyl groups excluding tert-OH is 1. The Morgan fingerprint density at radius 1 is 0.660 bits per heavy atom. The topological polar surface area (TPSA) is 169 Å². The predicted molar refractivity (Wildman–Crippen MR) is 199 cm³/mol. The lowest BCUT2D eigenvalue weighted by molar-refractivity contribution is -0.147. The van der Waals surface area contributed by atoms with Crippen LogP contribution < -0.4 is 5.32 Å². The third-order valence-corrected chi connectivity index (χ3v) is 8.89. The summed E-state index contributed by atoms with van der Waals surface area (Å²) in [6.45, 7) is 2.42. The first-order valence-corrected chi connectivity index (χ1v) is 20.5. The minimum atomic E-state index is -4.75. The van der Waals surface area contributed by atoms with Crippen LogP contribution in [-0.2, 0) is 32.7 Å². The van der Waals surface area contributed by atoms with Crippen LogP contribution in [0.3, 0.4) is 0 Å². The van der Waals surface area contributed by atoms with E-state index in [-0.39, 0.29) is 12.8 Å². The van der Waals surface area contributed by atoms with Crippen molar-refractivity contribution in [2.45, 2.75) is 167 Å². The van der Waals surface area contributed by atoms with Crippen LogP contribution in [0.2, 0.25) is 0 Å². The number of nitrogens with one attached hydrogen (secondary N) is 1. The molecule has 0 aromatic carbocycles. The number of carboxylic acid groups (broad SMARTS) is 1. The van der Waals surface area contributed by atoms with Crippen LogP contribution in [0.15, 0.2) is 36.5 Å². The Morgan fingerprint density at radius 2 is 1.16 bits per heavy atom. The number of allylic oxidation sites excluding steroid dienone is 6. The highest BCUT2D eigenvalue weighted by Crippen LogP contribution is 2.43. The maximum Gasteiger partial charge on any atom is 0.472 e. The van der Waals surface area contributed by atoms with Gasteiger partial charge in [-0.25, -0.2) is 9.36 Å². The highest BCUT2D eigenvalue weighted by molar-refractivity contribution is 7.47. The quantitative estimate of drug-likeness (QED) is 0.0214.